The maximum absolute atomic E-state index is 15.5. The zero-order valence-corrected chi connectivity index (χ0v) is 23.2. The van der Waals surface area contributed by atoms with E-state index in [2.05, 4.69) is 21.9 Å². The van der Waals surface area contributed by atoms with Crippen LogP contribution in [0.5, 0.6) is 5.75 Å². The number of fused-ring (bicyclic) bond motifs is 4. The van der Waals surface area contributed by atoms with Crippen LogP contribution >= 0.6 is 23.2 Å². The van der Waals surface area contributed by atoms with Gasteiger partial charge in [-0.05, 0) is 59.4 Å². The molecule has 3 atom stereocenters. The molecule has 10 heteroatoms. The van der Waals surface area contributed by atoms with Crippen molar-refractivity contribution in [1.29, 1.82) is 0 Å². The van der Waals surface area contributed by atoms with Crippen molar-refractivity contribution in [2.24, 2.45) is 10.9 Å². The Morgan fingerprint density at radius 2 is 1.93 bits per heavy atom. The number of rotatable bonds is 4. The summed E-state index contributed by atoms with van der Waals surface area (Å²) in [6.07, 6.45) is 3.62. The SMILES string of the molecule is C=C1COc2cc(C3=NC(F)=C(C4C5CC5c5cc(-c6cc(Cl)ccc6-n6cc(Cl)nn6)cc(=O)n54)C3)ccc2C1. The average Bonchev–Trinajstić information content (AvgIpc) is 3.28. The molecule has 0 saturated heterocycles. The lowest BCUT2D eigenvalue weighted by atomic mass is 9.95. The quantitative estimate of drug-likeness (QED) is 0.199. The zero-order chi connectivity index (χ0) is 28.0. The van der Waals surface area contributed by atoms with Crippen LogP contribution in [-0.4, -0.2) is 31.9 Å². The second-order valence-electron chi connectivity index (χ2n) is 11.1. The first-order chi connectivity index (χ1) is 19.8. The Morgan fingerprint density at radius 3 is 2.76 bits per heavy atom. The van der Waals surface area contributed by atoms with E-state index in [0.717, 1.165) is 46.5 Å². The predicted octanol–water partition coefficient (Wildman–Crippen LogP) is 6.63. The van der Waals surface area contributed by atoms with Gasteiger partial charge in [-0.1, -0.05) is 47.1 Å². The highest BCUT2D eigenvalue weighted by atomic mass is 35.5. The van der Waals surface area contributed by atoms with Gasteiger partial charge in [-0.3, -0.25) is 4.79 Å². The van der Waals surface area contributed by atoms with Crippen LogP contribution in [0.1, 0.15) is 41.6 Å². The summed E-state index contributed by atoms with van der Waals surface area (Å²) in [6.45, 7) is 4.49. The fourth-order valence-electron chi connectivity index (χ4n) is 6.54. The number of ether oxygens (including phenoxy) is 1. The number of hydrogen-bond donors (Lipinski definition) is 0. The zero-order valence-electron chi connectivity index (χ0n) is 21.7. The van der Waals surface area contributed by atoms with Crippen LogP contribution in [0, 0.1) is 5.92 Å². The van der Waals surface area contributed by atoms with Gasteiger partial charge < -0.3 is 9.30 Å². The summed E-state index contributed by atoms with van der Waals surface area (Å²) in [5.41, 5.74) is 7.00. The number of nitrogens with zero attached hydrogens (tertiary/aromatic N) is 5. The van der Waals surface area contributed by atoms with Crippen molar-refractivity contribution in [3.63, 3.8) is 0 Å². The van der Waals surface area contributed by atoms with Crippen molar-refractivity contribution < 1.29 is 9.13 Å². The summed E-state index contributed by atoms with van der Waals surface area (Å²) in [4.78, 5) is 18.0. The Labute approximate surface area is 244 Å². The second-order valence-corrected chi connectivity index (χ2v) is 11.9. The van der Waals surface area contributed by atoms with Gasteiger partial charge in [0.15, 0.2) is 5.15 Å². The van der Waals surface area contributed by atoms with Crippen molar-refractivity contribution in [3.8, 4) is 22.6 Å². The average molecular weight is 586 g/mol. The normalized spacial score (nSPS) is 22.3. The lowest BCUT2D eigenvalue weighted by molar-refractivity contribution is 0.332. The standard InChI is InChI=1S/C31H22Cl2FN5O2/c1-15-6-17-3-2-16(8-27(17)41-14-15)24-12-23(31(34)35-24)30-22-11-21(22)26-7-18(9-29(40)39(26)30)20-10-19(32)4-5-25(20)38-13-28(33)36-37-38/h2-5,7-10,13,21-22,30H,1,6,11-12,14H2. The molecule has 0 radical (unpaired) electrons. The first-order valence-electron chi connectivity index (χ1n) is 13.4. The molecule has 0 bridgehead atoms. The number of aliphatic imine (C=N–C) groups is 1. The van der Waals surface area contributed by atoms with Gasteiger partial charge in [0.25, 0.3) is 5.56 Å². The van der Waals surface area contributed by atoms with Gasteiger partial charge in [0.1, 0.15) is 12.4 Å². The molecule has 0 amide bonds. The third-order valence-electron chi connectivity index (χ3n) is 8.47. The molecular weight excluding hydrogens is 564 g/mol. The van der Waals surface area contributed by atoms with Crippen LogP contribution in [0.25, 0.3) is 16.8 Å². The minimum absolute atomic E-state index is 0.166. The lowest BCUT2D eigenvalue weighted by Gasteiger charge is -2.21. The topological polar surface area (TPSA) is 74.3 Å². The highest BCUT2D eigenvalue weighted by molar-refractivity contribution is 6.31. The molecule has 2 aromatic carbocycles. The predicted molar refractivity (Wildman–Crippen MR) is 155 cm³/mol. The highest BCUT2D eigenvalue weighted by Crippen LogP contribution is 2.62. The van der Waals surface area contributed by atoms with Crippen molar-refractivity contribution in [2.45, 2.75) is 31.2 Å². The summed E-state index contributed by atoms with van der Waals surface area (Å²) in [5.74, 6) is 0.647. The van der Waals surface area contributed by atoms with Gasteiger partial charge in [-0.25, -0.2) is 9.67 Å². The largest absolute Gasteiger partial charge is 0.489 e. The maximum atomic E-state index is 15.5. The van der Waals surface area contributed by atoms with E-state index in [0.29, 0.717) is 40.6 Å². The van der Waals surface area contributed by atoms with Crippen molar-refractivity contribution in [1.82, 2.24) is 19.6 Å². The first kappa shape index (κ1) is 24.8. The van der Waals surface area contributed by atoms with Crippen LogP contribution in [0.4, 0.5) is 4.39 Å². The van der Waals surface area contributed by atoms with Gasteiger partial charge in [-0.2, -0.15) is 4.39 Å². The van der Waals surface area contributed by atoms with Crippen LogP contribution < -0.4 is 10.3 Å². The number of benzene rings is 2. The Hall–Kier alpha value is -4.01. The number of allylic oxidation sites excluding steroid dienone is 1. The van der Waals surface area contributed by atoms with E-state index in [9.17, 15) is 4.79 Å². The smallest absolute Gasteiger partial charge is 0.251 e. The van der Waals surface area contributed by atoms with Crippen molar-refractivity contribution in [2.75, 3.05) is 6.61 Å². The van der Waals surface area contributed by atoms with E-state index in [1.54, 1.807) is 33.6 Å². The van der Waals surface area contributed by atoms with E-state index in [1.807, 2.05) is 30.3 Å². The Morgan fingerprint density at radius 1 is 1.05 bits per heavy atom. The summed E-state index contributed by atoms with van der Waals surface area (Å²) >= 11 is 12.4. The summed E-state index contributed by atoms with van der Waals surface area (Å²) in [6, 6.07) is 14.5. The third-order valence-corrected chi connectivity index (χ3v) is 8.88. The third kappa shape index (κ3) is 4.00. The molecule has 41 heavy (non-hydrogen) atoms. The van der Waals surface area contributed by atoms with Gasteiger partial charge in [0.05, 0.1) is 23.6 Å². The number of pyridine rings is 1. The second kappa shape index (κ2) is 8.99. The summed E-state index contributed by atoms with van der Waals surface area (Å²) < 4.78 is 24.7. The molecule has 3 aliphatic heterocycles. The van der Waals surface area contributed by atoms with Crippen LogP contribution in [0.3, 0.4) is 0 Å². The molecule has 1 saturated carbocycles. The van der Waals surface area contributed by atoms with Gasteiger partial charge in [0.2, 0.25) is 5.95 Å². The molecule has 3 unspecified atom stereocenters. The van der Waals surface area contributed by atoms with Crippen LogP contribution in [0.15, 0.2) is 88.2 Å². The molecule has 8 rings (SSSR count). The van der Waals surface area contributed by atoms with E-state index < -0.39 is 5.95 Å². The van der Waals surface area contributed by atoms with E-state index >= 15 is 4.39 Å². The highest BCUT2D eigenvalue weighted by Gasteiger charge is 2.55. The fraction of sp³-hybridized carbons (Fsp3) is 0.226. The monoisotopic (exact) mass is 585 g/mol. The molecule has 2 aromatic heterocycles. The lowest BCUT2D eigenvalue weighted by Crippen LogP contribution is -2.26. The molecule has 4 aromatic rings. The molecule has 5 heterocycles. The van der Waals surface area contributed by atoms with Gasteiger partial charge in [-0.15, -0.1) is 5.10 Å². The molecule has 1 aliphatic carbocycles. The molecule has 4 aliphatic rings. The number of hydrogen-bond acceptors (Lipinski definition) is 5. The molecular formula is C31H22Cl2FN5O2. The summed E-state index contributed by atoms with van der Waals surface area (Å²) in [7, 11) is 0. The Kier molecular flexibility index (Phi) is 5.43. The Bertz CT molecular complexity index is 1940. The number of aromatic nitrogens is 4. The molecule has 1 fully saturated rings. The maximum Gasteiger partial charge on any atom is 0.251 e. The minimum Gasteiger partial charge on any atom is -0.489 e. The van der Waals surface area contributed by atoms with Crippen LogP contribution in [-0.2, 0) is 6.42 Å². The van der Waals surface area contributed by atoms with Gasteiger partial charge in [0, 0.05) is 52.2 Å². The van der Waals surface area contributed by atoms with E-state index in [1.165, 1.54) is 0 Å². The van der Waals surface area contributed by atoms with E-state index in [-0.39, 0.29) is 28.6 Å². The van der Waals surface area contributed by atoms with Crippen molar-refractivity contribution >= 4 is 28.9 Å². The van der Waals surface area contributed by atoms with Crippen molar-refractivity contribution in [3.05, 3.63) is 116 Å². The summed E-state index contributed by atoms with van der Waals surface area (Å²) in [5, 5.41) is 8.74. The number of halogens is 3. The fourth-order valence-corrected chi connectivity index (χ4v) is 6.84. The molecule has 204 valence electrons. The van der Waals surface area contributed by atoms with E-state index in [4.69, 9.17) is 27.9 Å². The minimum atomic E-state index is -0.494. The Balaban J connectivity index is 1.14. The first-order valence-corrected chi connectivity index (χ1v) is 14.1. The molecule has 7 nitrogen and oxygen atoms in total. The van der Waals surface area contributed by atoms with Crippen LogP contribution in [0.2, 0.25) is 10.2 Å². The molecule has 0 N–H and O–H groups in total. The van der Waals surface area contributed by atoms with Gasteiger partial charge >= 0.3 is 0 Å². The molecule has 0 spiro atoms.